The van der Waals surface area contributed by atoms with Gasteiger partial charge in [0.15, 0.2) is 17.7 Å². The van der Waals surface area contributed by atoms with E-state index in [2.05, 4.69) is 9.71 Å². The number of nitrogens with zero attached hydrogens (tertiary/aromatic N) is 3. The highest BCUT2D eigenvalue weighted by molar-refractivity contribution is 7.92. The van der Waals surface area contributed by atoms with Crippen LogP contribution in [0.25, 0.3) is 22.2 Å². The number of carboxylic acids is 1. The molecule has 5 rings (SSSR count). The summed E-state index contributed by atoms with van der Waals surface area (Å²) in [6.07, 6.45) is 2.58. The first kappa shape index (κ1) is 29.5. The van der Waals surface area contributed by atoms with Gasteiger partial charge in [-0.15, -0.1) is 0 Å². The lowest BCUT2D eigenvalue weighted by molar-refractivity contribution is -0.160. The van der Waals surface area contributed by atoms with Crippen molar-refractivity contribution in [2.75, 3.05) is 11.3 Å². The Labute approximate surface area is 243 Å². The molecule has 0 saturated carbocycles. The smallest absolute Gasteiger partial charge is 0.337 e. The summed E-state index contributed by atoms with van der Waals surface area (Å²) in [6, 6.07) is 5.87. The van der Waals surface area contributed by atoms with Crippen molar-refractivity contribution in [1.29, 1.82) is 0 Å². The van der Waals surface area contributed by atoms with Gasteiger partial charge >= 0.3 is 5.97 Å². The van der Waals surface area contributed by atoms with Gasteiger partial charge in [-0.1, -0.05) is 0 Å². The van der Waals surface area contributed by atoms with Crippen LogP contribution in [0.5, 0.6) is 5.75 Å². The first-order valence-electron chi connectivity index (χ1n) is 13.5. The van der Waals surface area contributed by atoms with Crippen molar-refractivity contribution in [3.05, 3.63) is 64.9 Å². The van der Waals surface area contributed by atoms with Crippen LogP contribution in [-0.4, -0.2) is 46.2 Å². The lowest BCUT2D eigenvalue weighted by atomic mass is 9.86. The van der Waals surface area contributed by atoms with Crippen molar-refractivity contribution >= 4 is 32.8 Å². The second-order valence-corrected chi connectivity index (χ2v) is 13.0. The average Bonchev–Trinajstić information content (AvgIpc) is 3.22. The molecule has 1 atom stereocenters. The monoisotopic (exact) mass is 596 g/mol. The summed E-state index contributed by atoms with van der Waals surface area (Å²) in [5.74, 6) is -1.41. The largest absolute Gasteiger partial charge is 0.490 e. The maximum absolute atomic E-state index is 15.6. The number of rotatable bonds is 7. The fraction of sp³-hybridized carbons (Fsp3) is 0.367. The molecule has 0 radical (unpaired) electrons. The van der Waals surface area contributed by atoms with E-state index in [0.717, 1.165) is 5.56 Å². The summed E-state index contributed by atoms with van der Waals surface area (Å²) in [7, 11) is -2.37. The van der Waals surface area contributed by atoms with E-state index in [1.807, 2.05) is 6.92 Å². The number of halogens is 1. The van der Waals surface area contributed by atoms with Gasteiger partial charge in [0.1, 0.15) is 16.4 Å². The van der Waals surface area contributed by atoms with E-state index in [0.29, 0.717) is 52.9 Å². The molecule has 1 aromatic carbocycles. The van der Waals surface area contributed by atoms with Crippen molar-refractivity contribution < 1.29 is 32.2 Å². The van der Waals surface area contributed by atoms with Gasteiger partial charge in [-0.2, -0.15) is 0 Å². The molecular weight excluding hydrogens is 563 g/mol. The van der Waals surface area contributed by atoms with E-state index >= 15 is 4.39 Å². The summed E-state index contributed by atoms with van der Waals surface area (Å²) in [6.45, 7) is 9.17. The lowest BCUT2D eigenvalue weighted by Gasteiger charge is -2.29. The number of fused-ring (bicyclic) bond motifs is 2. The summed E-state index contributed by atoms with van der Waals surface area (Å²) >= 11 is 0. The number of sulfonamides is 1. The minimum atomic E-state index is -4.02. The molecule has 0 amide bonds. The van der Waals surface area contributed by atoms with Crippen molar-refractivity contribution in [3.63, 3.8) is 0 Å². The number of ether oxygens (including phenoxy) is 2. The van der Waals surface area contributed by atoms with E-state index in [4.69, 9.17) is 14.5 Å². The SMILES string of the molecule is Cc1nc2c(cc(NS(=O)(=O)c3cccnc3)n2C)c(-c2cc(F)c3c(c2C)CCCO3)c1[C@H](OC(C)(C)C)C(=O)O. The molecule has 2 N–H and O–H groups in total. The van der Waals surface area contributed by atoms with E-state index in [9.17, 15) is 18.3 Å². The predicted molar refractivity (Wildman–Crippen MR) is 156 cm³/mol. The van der Waals surface area contributed by atoms with Gasteiger partial charge in [-0.25, -0.2) is 22.6 Å². The van der Waals surface area contributed by atoms with E-state index < -0.39 is 33.5 Å². The second kappa shape index (κ2) is 10.7. The number of aryl methyl sites for hydroxylation is 2. The predicted octanol–water partition coefficient (Wildman–Crippen LogP) is 5.46. The van der Waals surface area contributed by atoms with Crippen molar-refractivity contribution in [1.82, 2.24) is 14.5 Å². The maximum Gasteiger partial charge on any atom is 0.337 e. The fourth-order valence-electron chi connectivity index (χ4n) is 5.37. The first-order chi connectivity index (χ1) is 19.7. The van der Waals surface area contributed by atoms with Crippen LogP contribution in [0.15, 0.2) is 41.6 Å². The molecule has 0 fully saturated rings. The molecule has 0 aliphatic carbocycles. The zero-order valence-corrected chi connectivity index (χ0v) is 25.1. The zero-order valence-electron chi connectivity index (χ0n) is 24.3. The summed E-state index contributed by atoms with van der Waals surface area (Å²) in [5.41, 5.74) is 2.46. The van der Waals surface area contributed by atoms with Gasteiger partial charge in [0.25, 0.3) is 10.0 Å². The number of carbonyl (C=O) groups is 1. The van der Waals surface area contributed by atoms with Gasteiger partial charge in [0.2, 0.25) is 0 Å². The number of pyridine rings is 2. The third-order valence-corrected chi connectivity index (χ3v) is 8.59. The molecule has 12 heteroatoms. The third kappa shape index (κ3) is 5.32. The average molecular weight is 597 g/mol. The Balaban J connectivity index is 1.83. The molecule has 0 saturated heterocycles. The van der Waals surface area contributed by atoms with Crippen LogP contribution < -0.4 is 9.46 Å². The van der Waals surface area contributed by atoms with E-state index in [1.54, 1.807) is 45.4 Å². The fourth-order valence-corrected chi connectivity index (χ4v) is 6.42. The van der Waals surface area contributed by atoms with Crippen LogP contribution >= 0.6 is 0 Å². The molecule has 0 unspecified atom stereocenters. The lowest BCUT2D eigenvalue weighted by Crippen LogP contribution is -2.28. The zero-order chi connectivity index (χ0) is 30.6. The van der Waals surface area contributed by atoms with Gasteiger partial charge in [-0.3, -0.25) is 9.71 Å². The highest BCUT2D eigenvalue weighted by atomic mass is 32.2. The van der Waals surface area contributed by atoms with Crippen LogP contribution in [0.1, 0.15) is 55.7 Å². The maximum atomic E-state index is 15.6. The van der Waals surface area contributed by atoms with E-state index in [1.165, 1.54) is 30.6 Å². The molecular formula is C30H33FN4O6S. The van der Waals surface area contributed by atoms with Gasteiger partial charge in [0, 0.05) is 47.2 Å². The minimum Gasteiger partial charge on any atom is -0.490 e. The quantitative estimate of drug-likeness (QED) is 0.288. The number of hydrogen-bond acceptors (Lipinski definition) is 7. The van der Waals surface area contributed by atoms with Crippen LogP contribution in [0.2, 0.25) is 0 Å². The number of aromatic nitrogens is 3. The first-order valence-corrected chi connectivity index (χ1v) is 15.0. The van der Waals surface area contributed by atoms with Crippen LogP contribution in [0.4, 0.5) is 10.2 Å². The molecule has 1 aliphatic heterocycles. The Morgan fingerprint density at radius 2 is 2.00 bits per heavy atom. The number of anilines is 1. The highest BCUT2D eigenvalue weighted by Gasteiger charge is 2.34. The van der Waals surface area contributed by atoms with Gasteiger partial charge in [0.05, 0.1) is 12.2 Å². The van der Waals surface area contributed by atoms with Crippen molar-refractivity contribution in [3.8, 4) is 16.9 Å². The summed E-state index contributed by atoms with van der Waals surface area (Å²) in [4.78, 5) is 21.3. The standard InChI is InChI=1S/C30H33FN4O6S/c1-16-19-10-8-12-40-26(19)22(31)13-20(16)25-21-14-23(34-42(38,39)18-9-7-11-32-15-18)35(6)28(21)33-17(2)24(25)27(29(36)37)41-30(3,4)5/h7,9,11,13-15,27,34H,8,10,12H2,1-6H3,(H,36,37)/t27-/m0/s1. The third-order valence-electron chi connectivity index (χ3n) is 7.25. The number of hydrogen-bond donors (Lipinski definition) is 2. The Hall–Kier alpha value is -4.03. The number of benzene rings is 1. The molecule has 10 nitrogen and oxygen atoms in total. The number of nitrogens with one attached hydrogen (secondary N) is 1. The molecule has 4 heterocycles. The molecule has 4 aromatic rings. The number of aliphatic carboxylic acids is 1. The topological polar surface area (TPSA) is 133 Å². The van der Waals surface area contributed by atoms with Crippen molar-refractivity contribution in [2.24, 2.45) is 7.05 Å². The Morgan fingerprint density at radius 3 is 2.64 bits per heavy atom. The van der Waals surface area contributed by atoms with Crippen LogP contribution in [0, 0.1) is 19.7 Å². The Kier molecular flexibility index (Phi) is 7.48. The minimum absolute atomic E-state index is 0.0302. The van der Waals surface area contributed by atoms with E-state index in [-0.39, 0.29) is 22.0 Å². The molecule has 1 aliphatic rings. The molecule has 42 heavy (non-hydrogen) atoms. The van der Waals surface area contributed by atoms with Crippen LogP contribution in [-0.2, 0) is 33.0 Å². The van der Waals surface area contributed by atoms with Gasteiger partial charge < -0.3 is 19.1 Å². The summed E-state index contributed by atoms with van der Waals surface area (Å²) < 4.78 is 57.8. The normalized spacial score (nSPS) is 14.4. The Bertz CT molecular complexity index is 1810. The molecule has 0 bridgehead atoms. The molecule has 0 spiro atoms. The molecule has 222 valence electrons. The second-order valence-electron chi connectivity index (χ2n) is 11.3. The van der Waals surface area contributed by atoms with Gasteiger partial charge in [-0.05, 0) is 82.9 Å². The summed E-state index contributed by atoms with van der Waals surface area (Å²) in [5, 5.41) is 10.8. The Morgan fingerprint density at radius 1 is 1.26 bits per heavy atom. The van der Waals surface area contributed by atoms with Crippen molar-refractivity contribution in [2.45, 2.75) is 64.1 Å². The highest BCUT2D eigenvalue weighted by Crippen LogP contribution is 2.45. The molecule has 3 aromatic heterocycles. The van der Waals surface area contributed by atoms with Crippen LogP contribution in [0.3, 0.4) is 0 Å². The number of carboxylic acid groups (broad SMARTS) is 1.